The Morgan fingerprint density at radius 3 is 2.35 bits per heavy atom. The molecule has 0 atom stereocenters. The first kappa shape index (κ1) is 14.2. The number of nitrogens with one attached hydrogen (secondary N) is 1. The van der Waals surface area contributed by atoms with Crippen LogP contribution in [0.5, 0.6) is 0 Å². The summed E-state index contributed by atoms with van der Waals surface area (Å²) in [4.78, 5) is 16.3. The minimum absolute atomic E-state index is 0.211. The zero-order chi connectivity index (χ0) is 12.8. The largest absolute Gasteiger partial charge is 0.339 e. The predicted molar refractivity (Wildman–Crippen MR) is 71.0 cm³/mol. The number of rotatable bonds is 6. The van der Waals surface area contributed by atoms with Crippen LogP contribution in [-0.2, 0) is 4.79 Å². The lowest BCUT2D eigenvalue weighted by molar-refractivity contribution is -0.127. The fraction of sp³-hybridized carbons (Fsp3) is 0.769. The van der Waals surface area contributed by atoms with Gasteiger partial charge in [0.1, 0.15) is 0 Å². The molecule has 0 radical (unpaired) electrons. The Bertz CT molecular complexity index is 291. The van der Waals surface area contributed by atoms with Crippen LogP contribution < -0.4 is 5.32 Å². The number of nitrogens with zero attached hydrogens (tertiary/aromatic N) is 2. The molecule has 98 valence electrons. The van der Waals surface area contributed by atoms with E-state index in [0.717, 1.165) is 44.7 Å². The van der Waals surface area contributed by atoms with Crippen molar-refractivity contribution >= 4 is 5.91 Å². The molecular weight excluding hydrogens is 214 g/mol. The van der Waals surface area contributed by atoms with Crippen molar-refractivity contribution in [2.45, 2.75) is 20.3 Å². The van der Waals surface area contributed by atoms with E-state index < -0.39 is 0 Å². The lowest BCUT2D eigenvalue weighted by Crippen LogP contribution is -2.39. The molecule has 1 N–H and O–H groups in total. The number of carbonyl (C=O) groups excluding carboxylic acids is 1. The molecule has 1 amide bonds. The minimum Gasteiger partial charge on any atom is -0.339 e. The second-order valence-electron chi connectivity index (χ2n) is 4.87. The van der Waals surface area contributed by atoms with Crippen LogP contribution in [0.2, 0.25) is 0 Å². The van der Waals surface area contributed by atoms with Crippen molar-refractivity contribution in [3.63, 3.8) is 0 Å². The summed E-state index contributed by atoms with van der Waals surface area (Å²) in [5.41, 5.74) is 2.21. The van der Waals surface area contributed by atoms with Crippen molar-refractivity contribution < 1.29 is 4.79 Å². The quantitative estimate of drug-likeness (QED) is 0.693. The molecule has 0 aliphatic carbocycles. The van der Waals surface area contributed by atoms with Crippen molar-refractivity contribution in [2.24, 2.45) is 0 Å². The van der Waals surface area contributed by atoms with Crippen LogP contribution in [0.4, 0.5) is 0 Å². The highest BCUT2D eigenvalue weighted by Crippen LogP contribution is 2.12. The first-order chi connectivity index (χ1) is 8.06. The highest BCUT2D eigenvalue weighted by Gasteiger charge is 2.19. The van der Waals surface area contributed by atoms with Crippen molar-refractivity contribution in [3.05, 3.63) is 11.1 Å². The maximum atomic E-state index is 12.2. The maximum absolute atomic E-state index is 12.2. The Kier molecular flexibility index (Phi) is 5.65. The van der Waals surface area contributed by atoms with Gasteiger partial charge >= 0.3 is 0 Å². The summed E-state index contributed by atoms with van der Waals surface area (Å²) in [5, 5.41) is 3.18. The van der Waals surface area contributed by atoms with Gasteiger partial charge in [-0.05, 0) is 46.5 Å². The van der Waals surface area contributed by atoms with Crippen LogP contribution in [0.1, 0.15) is 20.3 Å². The van der Waals surface area contributed by atoms with Gasteiger partial charge in [0.25, 0.3) is 0 Å². The number of likely N-dealkylation sites (N-methyl/N-ethyl adjacent to an activating group) is 1. The van der Waals surface area contributed by atoms with Crippen molar-refractivity contribution in [1.29, 1.82) is 0 Å². The average Bonchev–Trinajstić information content (AvgIpc) is 2.20. The number of amides is 1. The van der Waals surface area contributed by atoms with Crippen LogP contribution in [0.15, 0.2) is 11.1 Å². The molecule has 0 aromatic carbocycles. The van der Waals surface area contributed by atoms with E-state index in [0.29, 0.717) is 0 Å². The number of hydrogen-bond donors (Lipinski definition) is 1. The Balaban J connectivity index is 2.46. The standard InChI is InChI=1S/C13H25N3O/c1-5-16(8-6-7-15(3)4)13(17)11(2)12-9-14-10-12/h14H,5-10H2,1-4H3. The molecule has 1 aliphatic heterocycles. The van der Waals surface area contributed by atoms with Gasteiger partial charge < -0.3 is 15.1 Å². The van der Waals surface area contributed by atoms with E-state index in [9.17, 15) is 4.79 Å². The van der Waals surface area contributed by atoms with Gasteiger partial charge in [-0.25, -0.2) is 0 Å². The van der Waals surface area contributed by atoms with Crippen molar-refractivity contribution in [1.82, 2.24) is 15.1 Å². The van der Waals surface area contributed by atoms with Gasteiger partial charge in [-0.3, -0.25) is 4.79 Å². The van der Waals surface area contributed by atoms with Crippen molar-refractivity contribution in [2.75, 3.05) is 46.8 Å². The summed E-state index contributed by atoms with van der Waals surface area (Å²) in [7, 11) is 4.12. The summed E-state index contributed by atoms with van der Waals surface area (Å²) in [6, 6.07) is 0. The van der Waals surface area contributed by atoms with Gasteiger partial charge in [0.2, 0.25) is 5.91 Å². The predicted octanol–water partition coefficient (Wildman–Crippen LogP) is 0.706. The molecule has 0 spiro atoms. The number of hydrogen-bond acceptors (Lipinski definition) is 3. The topological polar surface area (TPSA) is 35.6 Å². The summed E-state index contributed by atoms with van der Waals surface area (Å²) < 4.78 is 0. The Morgan fingerprint density at radius 1 is 1.29 bits per heavy atom. The van der Waals surface area contributed by atoms with E-state index in [1.165, 1.54) is 5.57 Å². The van der Waals surface area contributed by atoms with Crippen LogP contribution in [0.25, 0.3) is 0 Å². The molecule has 0 aromatic rings. The SMILES string of the molecule is CCN(CCCN(C)C)C(=O)C(C)=C1CNC1. The lowest BCUT2D eigenvalue weighted by atomic mass is 10.0. The monoisotopic (exact) mass is 239 g/mol. The molecular formula is C13H25N3O. The average molecular weight is 239 g/mol. The van der Waals surface area contributed by atoms with E-state index in [2.05, 4.69) is 24.3 Å². The molecule has 0 unspecified atom stereocenters. The zero-order valence-corrected chi connectivity index (χ0v) is 11.5. The smallest absolute Gasteiger partial charge is 0.249 e. The molecule has 4 nitrogen and oxygen atoms in total. The van der Waals surface area contributed by atoms with Gasteiger partial charge in [-0.15, -0.1) is 0 Å². The maximum Gasteiger partial charge on any atom is 0.249 e. The number of carbonyl (C=O) groups is 1. The molecule has 1 fully saturated rings. The molecule has 0 saturated carbocycles. The van der Waals surface area contributed by atoms with E-state index >= 15 is 0 Å². The molecule has 0 bridgehead atoms. The molecule has 1 rings (SSSR count). The highest BCUT2D eigenvalue weighted by molar-refractivity contribution is 5.94. The third-order valence-corrected chi connectivity index (χ3v) is 3.23. The molecule has 4 heteroatoms. The highest BCUT2D eigenvalue weighted by atomic mass is 16.2. The fourth-order valence-corrected chi connectivity index (χ4v) is 1.88. The summed E-state index contributed by atoms with van der Waals surface area (Å²) in [5.74, 6) is 0.211. The van der Waals surface area contributed by atoms with Crippen LogP contribution in [0, 0.1) is 0 Å². The summed E-state index contributed by atoms with van der Waals surface area (Å²) >= 11 is 0. The van der Waals surface area contributed by atoms with Gasteiger partial charge in [0, 0.05) is 31.8 Å². The van der Waals surface area contributed by atoms with Gasteiger partial charge in [-0.2, -0.15) is 0 Å². The van der Waals surface area contributed by atoms with E-state index in [4.69, 9.17) is 0 Å². The Morgan fingerprint density at radius 2 is 1.94 bits per heavy atom. The van der Waals surface area contributed by atoms with E-state index in [1.54, 1.807) is 0 Å². The molecule has 1 aliphatic rings. The third-order valence-electron chi connectivity index (χ3n) is 3.23. The normalized spacial score (nSPS) is 14.8. The third kappa shape index (κ3) is 4.13. The van der Waals surface area contributed by atoms with Crippen LogP contribution >= 0.6 is 0 Å². The Labute approximate surface area is 105 Å². The lowest BCUT2D eigenvalue weighted by Gasteiger charge is -2.26. The van der Waals surface area contributed by atoms with E-state index in [-0.39, 0.29) is 5.91 Å². The van der Waals surface area contributed by atoms with Crippen LogP contribution in [0.3, 0.4) is 0 Å². The molecule has 0 aromatic heterocycles. The van der Waals surface area contributed by atoms with Gasteiger partial charge in [0.05, 0.1) is 0 Å². The first-order valence-corrected chi connectivity index (χ1v) is 6.39. The fourth-order valence-electron chi connectivity index (χ4n) is 1.88. The summed E-state index contributed by atoms with van der Waals surface area (Å²) in [6.45, 7) is 8.44. The second-order valence-corrected chi connectivity index (χ2v) is 4.87. The van der Waals surface area contributed by atoms with Gasteiger partial charge in [0.15, 0.2) is 0 Å². The molecule has 1 heterocycles. The Hall–Kier alpha value is -0.870. The summed E-state index contributed by atoms with van der Waals surface area (Å²) in [6.07, 6.45) is 1.04. The molecule has 1 saturated heterocycles. The molecule has 17 heavy (non-hydrogen) atoms. The van der Waals surface area contributed by atoms with E-state index in [1.807, 2.05) is 18.7 Å². The van der Waals surface area contributed by atoms with Gasteiger partial charge in [-0.1, -0.05) is 0 Å². The second kappa shape index (κ2) is 6.77. The van der Waals surface area contributed by atoms with Crippen LogP contribution in [-0.4, -0.2) is 62.5 Å². The van der Waals surface area contributed by atoms with Crippen molar-refractivity contribution in [3.8, 4) is 0 Å². The minimum atomic E-state index is 0.211. The zero-order valence-electron chi connectivity index (χ0n) is 11.5. The first-order valence-electron chi connectivity index (χ1n) is 6.39.